The van der Waals surface area contributed by atoms with Gasteiger partial charge in [0.1, 0.15) is 4.90 Å². The number of urea groups is 1. The minimum Gasteiger partial charge on any atom is -0.245 e. The van der Waals surface area contributed by atoms with Crippen LogP contribution in [0.15, 0.2) is 69.1 Å². The van der Waals surface area contributed by atoms with E-state index in [1.807, 2.05) is 37.3 Å². The van der Waals surface area contributed by atoms with Gasteiger partial charge in [-0.25, -0.2) is 22.9 Å². The van der Waals surface area contributed by atoms with Crippen LogP contribution in [0.1, 0.15) is 24.9 Å². The third kappa shape index (κ3) is 3.74. The van der Waals surface area contributed by atoms with Gasteiger partial charge in [0.2, 0.25) is 0 Å². The van der Waals surface area contributed by atoms with E-state index in [-0.39, 0.29) is 10.9 Å². The average Bonchev–Trinajstić information content (AvgIpc) is 2.97. The van der Waals surface area contributed by atoms with E-state index in [1.54, 1.807) is 18.2 Å². The maximum atomic E-state index is 12.6. The van der Waals surface area contributed by atoms with Gasteiger partial charge in [-0.05, 0) is 40.5 Å². The number of rotatable bonds is 3. The Labute approximate surface area is 154 Å². The number of carbonyl (C=O) groups excluding carboxylic acids is 1. The molecule has 0 fully saturated rings. The van der Waals surface area contributed by atoms with Crippen LogP contribution < -0.4 is 4.72 Å². The van der Waals surface area contributed by atoms with E-state index in [0.717, 1.165) is 11.3 Å². The van der Waals surface area contributed by atoms with E-state index in [2.05, 4.69) is 25.8 Å². The molecule has 130 valence electrons. The summed E-state index contributed by atoms with van der Waals surface area (Å²) in [5.74, 6) is 0. The molecule has 2 amide bonds. The summed E-state index contributed by atoms with van der Waals surface area (Å²) in [4.78, 5) is 12.6. The van der Waals surface area contributed by atoms with Crippen LogP contribution in [0.25, 0.3) is 0 Å². The van der Waals surface area contributed by atoms with Crippen molar-refractivity contribution in [2.45, 2.75) is 24.3 Å². The number of halogens is 1. The third-order valence-corrected chi connectivity index (χ3v) is 6.14. The molecule has 6 nitrogen and oxygen atoms in total. The molecule has 3 rings (SSSR count). The monoisotopic (exact) mass is 421 g/mol. The Morgan fingerprint density at radius 1 is 1.16 bits per heavy atom. The maximum absolute atomic E-state index is 12.6. The lowest BCUT2D eigenvalue weighted by Gasteiger charge is -2.22. The van der Waals surface area contributed by atoms with Crippen molar-refractivity contribution in [2.75, 3.05) is 0 Å². The van der Waals surface area contributed by atoms with Gasteiger partial charge in [-0.15, -0.1) is 0 Å². The highest BCUT2D eigenvalue weighted by molar-refractivity contribution is 9.10. The summed E-state index contributed by atoms with van der Waals surface area (Å²) in [6.07, 6.45) is 0.562. The van der Waals surface area contributed by atoms with Crippen molar-refractivity contribution in [1.29, 1.82) is 0 Å². The van der Waals surface area contributed by atoms with Gasteiger partial charge in [-0.3, -0.25) is 0 Å². The zero-order valence-electron chi connectivity index (χ0n) is 13.4. The summed E-state index contributed by atoms with van der Waals surface area (Å²) in [6.45, 7) is 1.81. The molecule has 0 radical (unpaired) electrons. The minimum absolute atomic E-state index is 0.000454. The van der Waals surface area contributed by atoms with Crippen LogP contribution in [-0.4, -0.2) is 25.2 Å². The minimum atomic E-state index is -4.01. The van der Waals surface area contributed by atoms with Crippen LogP contribution in [0, 0.1) is 0 Å². The summed E-state index contributed by atoms with van der Waals surface area (Å²) >= 11 is 3.19. The molecule has 25 heavy (non-hydrogen) atoms. The second kappa shape index (κ2) is 6.97. The van der Waals surface area contributed by atoms with E-state index in [9.17, 15) is 13.2 Å². The fraction of sp³-hybridized carbons (Fsp3) is 0.176. The van der Waals surface area contributed by atoms with E-state index >= 15 is 0 Å². The Hall–Kier alpha value is -2.19. The van der Waals surface area contributed by atoms with Crippen LogP contribution in [0.4, 0.5) is 4.79 Å². The normalized spacial score (nSPS) is 17.3. The molecule has 0 spiro atoms. The van der Waals surface area contributed by atoms with Gasteiger partial charge in [0.05, 0.1) is 6.04 Å². The van der Waals surface area contributed by atoms with Crippen molar-refractivity contribution in [3.63, 3.8) is 0 Å². The molecular formula is C17H16BrN3O3S. The number of nitrogens with one attached hydrogen (secondary N) is 1. The fourth-order valence-corrected chi connectivity index (χ4v) is 4.60. The molecule has 0 bridgehead atoms. The number of hydrogen-bond donors (Lipinski definition) is 1. The Bertz CT molecular complexity index is 929. The van der Waals surface area contributed by atoms with Crippen molar-refractivity contribution in [2.24, 2.45) is 5.10 Å². The molecule has 0 saturated carbocycles. The summed E-state index contributed by atoms with van der Waals surface area (Å²) in [5, 5.41) is 5.40. The summed E-state index contributed by atoms with van der Waals surface area (Å²) in [7, 11) is -4.01. The molecule has 2 aromatic rings. The molecule has 0 aliphatic carbocycles. The molecule has 1 atom stereocenters. The van der Waals surface area contributed by atoms with Gasteiger partial charge in [0.15, 0.2) is 0 Å². The van der Waals surface area contributed by atoms with Crippen molar-refractivity contribution in [1.82, 2.24) is 9.73 Å². The summed E-state index contributed by atoms with van der Waals surface area (Å²) in [6, 6.07) is 14.6. The number of carbonyl (C=O) groups is 1. The standard InChI is InChI=1S/C17H16BrN3O3S/c1-12-11-15(13-7-3-2-4-8-13)21(19-12)17(22)20-25(23,24)16-10-6-5-9-14(16)18/h2-10,15H,11H2,1H3,(H,20,22). The molecule has 0 aromatic heterocycles. The number of hydrogen-bond acceptors (Lipinski definition) is 4. The first-order chi connectivity index (χ1) is 11.9. The first-order valence-electron chi connectivity index (χ1n) is 7.58. The van der Waals surface area contributed by atoms with Crippen molar-refractivity contribution >= 4 is 37.7 Å². The highest BCUT2D eigenvalue weighted by Gasteiger charge is 2.33. The molecule has 1 aliphatic rings. The molecular weight excluding hydrogens is 406 g/mol. The number of amides is 2. The van der Waals surface area contributed by atoms with Gasteiger partial charge < -0.3 is 0 Å². The van der Waals surface area contributed by atoms with Gasteiger partial charge in [0, 0.05) is 16.6 Å². The molecule has 1 aliphatic heterocycles. The Morgan fingerprint density at radius 3 is 2.48 bits per heavy atom. The van der Waals surface area contributed by atoms with Crippen molar-refractivity contribution < 1.29 is 13.2 Å². The Balaban J connectivity index is 1.86. The quantitative estimate of drug-likeness (QED) is 0.820. The zero-order valence-corrected chi connectivity index (χ0v) is 15.8. The van der Waals surface area contributed by atoms with Gasteiger partial charge in [-0.1, -0.05) is 42.5 Å². The number of hydrazone groups is 1. The molecule has 1 unspecified atom stereocenters. The first-order valence-corrected chi connectivity index (χ1v) is 9.85. The van der Waals surface area contributed by atoms with Gasteiger partial charge in [0.25, 0.3) is 10.0 Å². The van der Waals surface area contributed by atoms with Crippen LogP contribution in [0.3, 0.4) is 0 Å². The molecule has 1 heterocycles. The Morgan fingerprint density at radius 2 is 1.80 bits per heavy atom. The lowest BCUT2D eigenvalue weighted by atomic mass is 10.0. The van der Waals surface area contributed by atoms with Crippen molar-refractivity contribution in [3.8, 4) is 0 Å². The highest BCUT2D eigenvalue weighted by Crippen LogP contribution is 2.31. The first kappa shape index (κ1) is 17.6. The highest BCUT2D eigenvalue weighted by atomic mass is 79.9. The number of sulfonamides is 1. The fourth-order valence-electron chi connectivity index (χ4n) is 2.66. The molecule has 0 saturated heterocycles. The molecule has 2 aromatic carbocycles. The van der Waals surface area contributed by atoms with E-state index in [1.165, 1.54) is 11.1 Å². The van der Waals surface area contributed by atoms with Crippen LogP contribution in [-0.2, 0) is 10.0 Å². The lowest BCUT2D eigenvalue weighted by Crippen LogP contribution is -2.40. The van der Waals surface area contributed by atoms with Crippen molar-refractivity contribution in [3.05, 3.63) is 64.6 Å². The molecule has 1 N–H and O–H groups in total. The third-order valence-electron chi connectivity index (χ3n) is 3.80. The number of benzene rings is 2. The average molecular weight is 422 g/mol. The van der Waals surface area contributed by atoms with E-state index in [4.69, 9.17) is 0 Å². The van der Waals surface area contributed by atoms with E-state index in [0.29, 0.717) is 10.9 Å². The molecule has 8 heteroatoms. The van der Waals surface area contributed by atoms with Crippen LogP contribution in [0.2, 0.25) is 0 Å². The Kier molecular flexibility index (Phi) is 4.91. The predicted octanol–water partition coefficient (Wildman–Crippen LogP) is 3.67. The summed E-state index contributed by atoms with van der Waals surface area (Å²) < 4.78 is 27.5. The second-order valence-electron chi connectivity index (χ2n) is 5.65. The SMILES string of the molecule is CC1=NN(C(=O)NS(=O)(=O)c2ccccc2Br)C(c2ccccc2)C1. The largest absolute Gasteiger partial charge is 0.352 e. The zero-order chi connectivity index (χ0) is 18.0. The van der Waals surface area contributed by atoms with Gasteiger partial charge in [-0.2, -0.15) is 5.10 Å². The topological polar surface area (TPSA) is 78.8 Å². The summed E-state index contributed by atoms with van der Waals surface area (Å²) in [5.41, 5.74) is 1.67. The smallest absolute Gasteiger partial charge is 0.245 e. The number of nitrogens with zero attached hydrogens (tertiary/aromatic N) is 2. The van der Waals surface area contributed by atoms with Crippen LogP contribution in [0.5, 0.6) is 0 Å². The predicted molar refractivity (Wildman–Crippen MR) is 98.6 cm³/mol. The maximum Gasteiger partial charge on any atom is 0.352 e. The van der Waals surface area contributed by atoms with E-state index < -0.39 is 16.1 Å². The second-order valence-corrected chi connectivity index (χ2v) is 8.16. The lowest BCUT2D eigenvalue weighted by molar-refractivity contribution is 0.192. The van der Waals surface area contributed by atoms with Crippen LogP contribution >= 0.6 is 15.9 Å². The van der Waals surface area contributed by atoms with Gasteiger partial charge >= 0.3 is 6.03 Å².